The van der Waals surface area contributed by atoms with Crippen molar-refractivity contribution in [1.82, 2.24) is 4.90 Å². The standard InChI is InChI=1S/C13H11ClF3NO2/c1-12(6-13(15,16)17)9-5-7(14)3-4-8(9)10(19)18(2)11(12)20/h3-5H,6H2,1-2H3. The van der Waals surface area contributed by atoms with Crippen LogP contribution in [0.3, 0.4) is 0 Å². The van der Waals surface area contributed by atoms with E-state index in [-0.39, 0.29) is 16.1 Å². The highest BCUT2D eigenvalue weighted by molar-refractivity contribution is 6.31. The lowest BCUT2D eigenvalue weighted by Gasteiger charge is -2.38. The van der Waals surface area contributed by atoms with E-state index < -0.39 is 29.8 Å². The second-order valence-electron chi connectivity index (χ2n) is 4.98. The van der Waals surface area contributed by atoms with Gasteiger partial charge in [-0.3, -0.25) is 14.5 Å². The molecule has 1 aromatic carbocycles. The van der Waals surface area contributed by atoms with Crippen LogP contribution in [0.15, 0.2) is 18.2 Å². The third-order valence-electron chi connectivity index (χ3n) is 3.44. The molecule has 0 saturated carbocycles. The van der Waals surface area contributed by atoms with Gasteiger partial charge in [-0.25, -0.2) is 0 Å². The number of likely N-dealkylation sites (N-methyl/N-ethyl adjacent to an activating group) is 1. The van der Waals surface area contributed by atoms with Gasteiger partial charge in [0.05, 0.1) is 11.8 Å². The van der Waals surface area contributed by atoms with Crippen molar-refractivity contribution in [2.45, 2.75) is 24.9 Å². The summed E-state index contributed by atoms with van der Waals surface area (Å²) in [6, 6.07) is 4.01. The highest BCUT2D eigenvalue weighted by Crippen LogP contribution is 2.42. The van der Waals surface area contributed by atoms with Crippen LogP contribution in [0.2, 0.25) is 5.02 Å². The molecule has 0 spiro atoms. The Morgan fingerprint density at radius 2 is 1.90 bits per heavy atom. The van der Waals surface area contributed by atoms with Crippen LogP contribution in [-0.4, -0.2) is 29.9 Å². The van der Waals surface area contributed by atoms with Gasteiger partial charge in [-0.05, 0) is 30.7 Å². The fourth-order valence-corrected chi connectivity index (χ4v) is 2.66. The van der Waals surface area contributed by atoms with Gasteiger partial charge in [0.15, 0.2) is 0 Å². The molecule has 20 heavy (non-hydrogen) atoms. The third-order valence-corrected chi connectivity index (χ3v) is 3.68. The Hall–Kier alpha value is -1.56. The molecule has 1 aromatic rings. The van der Waals surface area contributed by atoms with Crippen molar-refractivity contribution in [3.05, 3.63) is 34.3 Å². The molecule has 1 aliphatic rings. The van der Waals surface area contributed by atoms with Crippen molar-refractivity contribution in [3.63, 3.8) is 0 Å². The van der Waals surface area contributed by atoms with E-state index >= 15 is 0 Å². The number of amides is 2. The Labute approximate surface area is 118 Å². The molecule has 1 heterocycles. The predicted octanol–water partition coefficient (Wildman–Crippen LogP) is 3.16. The number of hydrogen-bond donors (Lipinski definition) is 0. The van der Waals surface area contributed by atoms with Gasteiger partial charge in [-0.2, -0.15) is 13.2 Å². The number of nitrogens with zero attached hydrogens (tertiary/aromatic N) is 1. The van der Waals surface area contributed by atoms with E-state index in [2.05, 4.69) is 0 Å². The Morgan fingerprint density at radius 1 is 1.30 bits per heavy atom. The summed E-state index contributed by atoms with van der Waals surface area (Å²) in [6.07, 6.45) is -5.88. The van der Waals surface area contributed by atoms with Gasteiger partial charge in [0, 0.05) is 17.6 Å². The summed E-state index contributed by atoms with van der Waals surface area (Å²) in [6.45, 7) is 1.18. The molecule has 0 radical (unpaired) electrons. The highest BCUT2D eigenvalue weighted by Gasteiger charge is 2.52. The van der Waals surface area contributed by atoms with E-state index in [1.807, 2.05) is 0 Å². The fourth-order valence-electron chi connectivity index (χ4n) is 2.49. The minimum Gasteiger partial charge on any atom is -0.281 e. The first-order chi connectivity index (χ1) is 9.06. The number of carbonyl (C=O) groups is 2. The SMILES string of the molecule is CN1C(=O)c2ccc(Cl)cc2C(C)(CC(F)(F)F)C1=O. The fraction of sp³-hybridized carbons (Fsp3) is 0.385. The molecule has 0 aromatic heterocycles. The number of rotatable bonds is 1. The normalized spacial score (nSPS) is 23.0. The van der Waals surface area contributed by atoms with E-state index in [4.69, 9.17) is 11.6 Å². The topological polar surface area (TPSA) is 37.4 Å². The van der Waals surface area contributed by atoms with Gasteiger partial charge in [0.2, 0.25) is 5.91 Å². The summed E-state index contributed by atoms with van der Waals surface area (Å²) >= 11 is 5.79. The summed E-state index contributed by atoms with van der Waals surface area (Å²) < 4.78 is 38.4. The van der Waals surface area contributed by atoms with E-state index in [0.29, 0.717) is 0 Å². The largest absolute Gasteiger partial charge is 0.390 e. The molecule has 1 atom stereocenters. The van der Waals surface area contributed by atoms with E-state index in [1.165, 1.54) is 32.2 Å². The van der Waals surface area contributed by atoms with E-state index in [1.54, 1.807) is 0 Å². The molecule has 0 fully saturated rings. The average molecular weight is 306 g/mol. The van der Waals surface area contributed by atoms with Gasteiger partial charge >= 0.3 is 6.18 Å². The maximum atomic E-state index is 12.8. The van der Waals surface area contributed by atoms with Crippen LogP contribution in [0, 0.1) is 0 Å². The summed E-state index contributed by atoms with van der Waals surface area (Å²) in [4.78, 5) is 24.9. The monoisotopic (exact) mass is 305 g/mol. The van der Waals surface area contributed by atoms with Gasteiger partial charge in [-0.1, -0.05) is 11.6 Å². The lowest BCUT2D eigenvalue weighted by Crippen LogP contribution is -2.52. The smallest absolute Gasteiger partial charge is 0.281 e. The van der Waals surface area contributed by atoms with Crippen molar-refractivity contribution >= 4 is 23.4 Å². The quantitative estimate of drug-likeness (QED) is 0.747. The summed E-state index contributed by atoms with van der Waals surface area (Å²) in [5, 5.41) is 0.183. The number of halogens is 4. The van der Waals surface area contributed by atoms with Crippen LogP contribution in [0.4, 0.5) is 13.2 Å². The Bertz CT molecular complexity index is 600. The average Bonchev–Trinajstić information content (AvgIpc) is 2.32. The zero-order valence-electron chi connectivity index (χ0n) is 10.7. The molecule has 0 bridgehead atoms. The van der Waals surface area contributed by atoms with Crippen LogP contribution >= 0.6 is 11.6 Å². The lowest BCUT2D eigenvalue weighted by atomic mass is 9.73. The molecule has 2 rings (SSSR count). The molecule has 0 aliphatic carbocycles. The van der Waals surface area contributed by atoms with Gasteiger partial charge < -0.3 is 0 Å². The third kappa shape index (κ3) is 2.28. The molecule has 0 saturated heterocycles. The minimum atomic E-state index is -4.54. The molecule has 1 unspecified atom stereocenters. The number of fused-ring (bicyclic) bond motifs is 1. The minimum absolute atomic E-state index is 0.0235. The summed E-state index contributed by atoms with van der Waals surface area (Å²) in [5.74, 6) is -1.50. The van der Waals surface area contributed by atoms with Gasteiger partial charge in [0.1, 0.15) is 0 Å². The van der Waals surface area contributed by atoms with Crippen LogP contribution in [0.25, 0.3) is 0 Å². The molecular formula is C13H11ClF3NO2. The molecule has 3 nitrogen and oxygen atoms in total. The molecule has 7 heteroatoms. The Balaban J connectivity index is 2.68. The van der Waals surface area contributed by atoms with Crippen molar-refractivity contribution in [3.8, 4) is 0 Å². The molecule has 1 aliphatic heterocycles. The van der Waals surface area contributed by atoms with Crippen LogP contribution < -0.4 is 0 Å². The number of benzene rings is 1. The zero-order chi connectivity index (χ0) is 15.3. The van der Waals surface area contributed by atoms with Crippen molar-refractivity contribution < 1.29 is 22.8 Å². The van der Waals surface area contributed by atoms with E-state index in [0.717, 1.165) is 4.90 Å². The predicted molar refractivity (Wildman–Crippen MR) is 66.6 cm³/mol. The van der Waals surface area contributed by atoms with Crippen LogP contribution in [0.5, 0.6) is 0 Å². The first kappa shape index (κ1) is 14.8. The second-order valence-corrected chi connectivity index (χ2v) is 5.42. The molecular weight excluding hydrogens is 295 g/mol. The second kappa shape index (κ2) is 4.48. The summed E-state index contributed by atoms with van der Waals surface area (Å²) in [7, 11) is 1.18. The number of carbonyl (C=O) groups excluding carboxylic acids is 2. The van der Waals surface area contributed by atoms with Crippen LogP contribution in [-0.2, 0) is 10.2 Å². The number of hydrogen-bond acceptors (Lipinski definition) is 2. The first-order valence-electron chi connectivity index (χ1n) is 5.75. The van der Waals surface area contributed by atoms with Crippen molar-refractivity contribution in [2.24, 2.45) is 0 Å². The molecule has 2 amide bonds. The Kier molecular flexibility index (Phi) is 3.32. The maximum Gasteiger partial charge on any atom is 0.390 e. The highest BCUT2D eigenvalue weighted by atomic mass is 35.5. The molecule has 108 valence electrons. The number of imide groups is 1. The first-order valence-corrected chi connectivity index (χ1v) is 6.13. The lowest BCUT2D eigenvalue weighted by molar-refractivity contribution is -0.161. The van der Waals surface area contributed by atoms with Crippen LogP contribution in [0.1, 0.15) is 29.3 Å². The number of alkyl halides is 3. The van der Waals surface area contributed by atoms with Gasteiger partial charge in [-0.15, -0.1) is 0 Å². The van der Waals surface area contributed by atoms with Crippen molar-refractivity contribution in [2.75, 3.05) is 7.05 Å². The van der Waals surface area contributed by atoms with E-state index in [9.17, 15) is 22.8 Å². The van der Waals surface area contributed by atoms with Gasteiger partial charge in [0.25, 0.3) is 5.91 Å². The van der Waals surface area contributed by atoms with Crippen molar-refractivity contribution in [1.29, 1.82) is 0 Å². The summed E-state index contributed by atoms with van der Waals surface area (Å²) in [5.41, 5.74) is -1.75. The maximum absolute atomic E-state index is 12.8. The molecule has 0 N–H and O–H groups in total. The Morgan fingerprint density at radius 3 is 2.45 bits per heavy atom. The zero-order valence-corrected chi connectivity index (χ0v) is 11.5.